The molecule has 1 atom stereocenters. The summed E-state index contributed by atoms with van der Waals surface area (Å²) in [6, 6.07) is 2.31. The van der Waals surface area contributed by atoms with Crippen LogP contribution in [0.2, 0.25) is 0 Å². The summed E-state index contributed by atoms with van der Waals surface area (Å²) in [5.41, 5.74) is 0.883. The van der Waals surface area contributed by atoms with Gasteiger partial charge in [0.15, 0.2) is 0 Å². The largest absolute Gasteiger partial charge is 0.360 e. The van der Waals surface area contributed by atoms with Gasteiger partial charge >= 0.3 is 0 Å². The van der Waals surface area contributed by atoms with Crippen LogP contribution < -0.4 is 5.32 Å². The normalized spacial score (nSPS) is 17.9. The zero-order valence-corrected chi connectivity index (χ0v) is 11.8. The molecule has 1 aromatic rings. The molecule has 2 rings (SSSR count). The number of rotatable bonds is 5. The van der Waals surface area contributed by atoms with Crippen LogP contribution in [0.15, 0.2) is 10.6 Å². The highest BCUT2D eigenvalue weighted by molar-refractivity contribution is 7.99. The molecule has 1 N–H and O–H groups in total. The molecule has 0 bridgehead atoms. The quantitative estimate of drug-likeness (QED) is 0.892. The molecule has 1 aromatic heterocycles. The van der Waals surface area contributed by atoms with Gasteiger partial charge in [0.25, 0.3) is 0 Å². The SMILES string of the molecule is Cc1cc(CS[C@H](C)C(=O)NC2CCCC2)on1. The summed E-state index contributed by atoms with van der Waals surface area (Å²) in [7, 11) is 0. The van der Waals surface area contributed by atoms with Crippen molar-refractivity contribution in [3.05, 3.63) is 17.5 Å². The predicted molar refractivity (Wildman–Crippen MR) is 72.4 cm³/mol. The summed E-state index contributed by atoms with van der Waals surface area (Å²) in [6.45, 7) is 3.84. The molecule has 1 saturated carbocycles. The van der Waals surface area contributed by atoms with Gasteiger partial charge in [0.2, 0.25) is 5.91 Å². The molecule has 1 fully saturated rings. The van der Waals surface area contributed by atoms with Crippen LogP contribution in [0.3, 0.4) is 0 Å². The minimum atomic E-state index is -0.0454. The first kappa shape index (κ1) is 13.5. The molecule has 0 radical (unpaired) electrons. The van der Waals surface area contributed by atoms with E-state index in [9.17, 15) is 4.79 Å². The number of carbonyl (C=O) groups excluding carboxylic acids is 1. The van der Waals surface area contributed by atoms with E-state index in [1.807, 2.05) is 19.9 Å². The van der Waals surface area contributed by atoms with Crippen LogP contribution in [0, 0.1) is 6.92 Å². The first-order chi connectivity index (χ1) is 8.65. The zero-order chi connectivity index (χ0) is 13.0. The van der Waals surface area contributed by atoms with Crippen LogP contribution in [-0.2, 0) is 10.5 Å². The third-order valence-electron chi connectivity index (χ3n) is 3.22. The molecule has 18 heavy (non-hydrogen) atoms. The van der Waals surface area contributed by atoms with Crippen LogP contribution in [-0.4, -0.2) is 22.4 Å². The van der Waals surface area contributed by atoms with Crippen LogP contribution in [0.25, 0.3) is 0 Å². The molecule has 100 valence electrons. The summed E-state index contributed by atoms with van der Waals surface area (Å²) in [5, 5.41) is 6.90. The van der Waals surface area contributed by atoms with E-state index < -0.39 is 0 Å². The Labute approximate surface area is 112 Å². The number of hydrogen-bond donors (Lipinski definition) is 1. The van der Waals surface area contributed by atoms with Crippen molar-refractivity contribution in [3.63, 3.8) is 0 Å². The molecular formula is C13H20N2O2S. The van der Waals surface area contributed by atoms with Crippen molar-refractivity contribution in [2.75, 3.05) is 0 Å². The Morgan fingerprint density at radius 2 is 2.33 bits per heavy atom. The highest BCUT2D eigenvalue weighted by atomic mass is 32.2. The fraction of sp³-hybridized carbons (Fsp3) is 0.692. The fourth-order valence-corrected chi connectivity index (χ4v) is 2.93. The Hall–Kier alpha value is -0.970. The van der Waals surface area contributed by atoms with Crippen LogP contribution in [0.1, 0.15) is 44.1 Å². The molecule has 5 heteroatoms. The van der Waals surface area contributed by atoms with Crippen molar-refractivity contribution in [1.82, 2.24) is 10.5 Å². The highest BCUT2D eigenvalue weighted by Gasteiger charge is 2.21. The Bertz CT molecular complexity index is 399. The molecule has 0 spiro atoms. The molecule has 1 aliphatic carbocycles. The van der Waals surface area contributed by atoms with Gasteiger partial charge in [0.1, 0.15) is 5.76 Å². The summed E-state index contributed by atoms with van der Waals surface area (Å²) < 4.78 is 5.13. The number of aromatic nitrogens is 1. The lowest BCUT2D eigenvalue weighted by Crippen LogP contribution is -2.37. The summed E-state index contributed by atoms with van der Waals surface area (Å²) in [6.07, 6.45) is 4.74. The topological polar surface area (TPSA) is 55.1 Å². The Kier molecular flexibility index (Phi) is 4.69. The second-order valence-corrected chi connectivity index (χ2v) is 6.21. The van der Waals surface area contributed by atoms with Crippen molar-refractivity contribution < 1.29 is 9.32 Å². The maximum absolute atomic E-state index is 11.9. The van der Waals surface area contributed by atoms with Gasteiger partial charge in [-0.25, -0.2) is 0 Å². The maximum atomic E-state index is 11.9. The number of nitrogens with zero attached hydrogens (tertiary/aromatic N) is 1. The van der Waals surface area contributed by atoms with Crippen molar-refractivity contribution in [3.8, 4) is 0 Å². The van der Waals surface area contributed by atoms with Gasteiger partial charge in [-0.2, -0.15) is 0 Å². The molecule has 1 heterocycles. The van der Waals surface area contributed by atoms with Crippen LogP contribution in [0.4, 0.5) is 0 Å². The molecule has 1 aliphatic rings. The lowest BCUT2D eigenvalue weighted by molar-refractivity contribution is -0.120. The fourth-order valence-electron chi connectivity index (χ4n) is 2.16. The first-order valence-electron chi connectivity index (χ1n) is 6.49. The van der Waals surface area contributed by atoms with E-state index in [-0.39, 0.29) is 11.2 Å². The van der Waals surface area contributed by atoms with E-state index >= 15 is 0 Å². The van der Waals surface area contributed by atoms with E-state index in [0.717, 1.165) is 24.3 Å². The number of aryl methyl sites for hydroxylation is 1. The van der Waals surface area contributed by atoms with Crippen LogP contribution in [0.5, 0.6) is 0 Å². The highest BCUT2D eigenvalue weighted by Crippen LogP contribution is 2.21. The summed E-state index contributed by atoms with van der Waals surface area (Å²) in [4.78, 5) is 11.9. The van der Waals surface area contributed by atoms with Gasteiger partial charge in [-0.3, -0.25) is 4.79 Å². The Balaban J connectivity index is 1.73. The summed E-state index contributed by atoms with van der Waals surface area (Å²) in [5.74, 6) is 1.67. The lowest BCUT2D eigenvalue weighted by Gasteiger charge is -2.15. The average molecular weight is 268 g/mol. The van der Waals surface area contributed by atoms with Crippen molar-refractivity contribution >= 4 is 17.7 Å². The van der Waals surface area contributed by atoms with E-state index in [4.69, 9.17) is 4.52 Å². The van der Waals surface area contributed by atoms with Gasteiger partial charge in [0.05, 0.1) is 16.7 Å². The van der Waals surface area contributed by atoms with Gasteiger partial charge in [0, 0.05) is 12.1 Å². The molecule has 1 amide bonds. The second kappa shape index (κ2) is 6.27. The Morgan fingerprint density at radius 3 is 2.94 bits per heavy atom. The minimum Gasteiger partial charge on any atom is -0.360 e. The van der Waals surface area contributed by atoms with E-state index in [2.05, 4.69) is 10.5 Å². The van der Waals surface area contributed by atoms with E-state index in [0.29, 0.717) is 11.8 Å². The monoisotopic (exact) mass is 268 g/mol. The molecule has 0 aliphatic heterocycles. The number of nitrogens with one attached hydrogen (secondary N) is 1. The van der Waals surface area contributed by atoms with E-state index in [1.165, 1.54) is 12.8 Å². The Morgan fingerprint density at radius 1 is 1.61 bits per heavy atom. The minimum absolute atomic E-state index is 0.0454. The third kappa shape index (κ3) is 3.77. The molecular weight excluding hydrogens is 248 g/mol. The van der Waals surface area contributed by atoms with Gasteiger partial charge in [-0.15, -0.1) is 11.8 Å². The standard InChI is InChI=1S/C13H20N2O2S/c1-9-7-12(17-15-9)8-18-10(2)13(16)14-11-5-3-4-6-11/h7,10-11H,3-6,8H2,1-2H3,(H,14,16)/t10-/m1/s1. The van der Waals surface area contributed by atoms with Crippen molar-refractivity contribution in [2.24, 2.45) is 0 Å². The number of thioether (sulfide) groups is 1. The number of carbonyl (C=O) groups is 1. The van der Waals surface area contributed by atoms with Gasteiger partial charge in [-0.05, 0) is 26.7 Å². The van der Waals surface area contributed by atoms with E-state index in [1.54, 1.807) is 11.8 Å². The van der Waals surface area contributed by atoms with Crippen molar-refractivity contribution in [2.45, 2.75) is 56.6 Å². The number of hydrogen-bond acceptors (Lipinski definition) is 4. The predicted octanol–water partition coefficient (Wildman–Crippen LogP) is 2.66. The van der Waals surface area contributed by atoms with Gasteiger partial charge in [-0.1, -0.05) is 18.0 Å². The molecule has 0 aromatic carbocycles. The molecule has 4 nitrogen and oxygen atoms in total. The summed E-state index contributed by atoms with van der Waals surface area (Å²) >= 11 is 1.59. The average Bonchev–Trinajstić information content (AvgIpc) is 2.97. The lowest BCUT2D eigenvalue weighted by atomic mass is 10.2. The first-order valence-corrected chi connectivity index (χ1v) is 7.54. The zero-order valence-electron chi connectivity index (χ0n) is 10.9. The molecule has 0 saturated heterocycles. The van der Waals surface area contributed by atoms with Gasteiger partial charge < -0.3 is 9.84 Å². The number of amides is 1. The van der Waals surface area contributed by atoms with Crippen LogP contribution >= 0.6 is 11.8 Å². The smallest absolute Gasteiger partial charge is 0.233 e. The molecule has 0 unspecified atom stereocenters. The maximum Gasteiger partial charge on any atom is 0.233 e. The van der Waals surface area contributed by atoms with Crippen molar-refractivity contribution in [1.29, 1.82) is 0 Å². The third-order valence-corrected chi connectivity index (χ3v) is 4.39. The second-order valence-electron chi connectivity index (χ2n) is 4.88.